The van der Waals surface area contributed by atoms with Crippen molar-refractivity contribution in [2.45, 2.75) is 13.5 Å². The fourth-order valence-electron chi connectivity index (χ4n) is 3.86. The van der Waals surface area contributed by atoms with Gasteiger partial charge in [0.05, 0.1) is 12.8 Å². The Hall–Kier alpha value is -4.50. The maximum atomic E-state index is 13.2. The Balaban J connectivity index is 1.38. The number of imide groups is 2. The van der Waals surface area contributed by atoms with Gasteiger partial charge in [0.2, 0.25) is 6.79 Å². The number of barbiturate groups is 1. The van der Waals surface area contributed by atoms with Crippen molar-refractivity contribution >= 4 is 41.2 Å². The highest BCUT2D eigenvalue weighted by molar-refractivity contribution is 6.39. The van der Waals surface area contributed by atoms with Crippen molar-refractivity contribution in [3.05, 3.63) is 81.9 Å². The van der Waals surface area contributed by atoms with Crippen LogP contribution >= 0.6 is 11.6 Å². The summed E-state index contributed by atoms with van der Waals surface area (Å²) < 4.78 is 22.1. The second-order valence-corrected chi connectivity index (χ2v) is 8.69. The van der Waals surface area contributed by atoms with Crippen molar-refractivity contribution < 1.29 is 33.3 Å². The highest BCUT2D eigenvalue weighted by Crippen LogP contribution is 2.34. The molecule has 0 bridgehead atoms. The van der Waals surface area contributed by atoms with Crippen LogP contribution in [0.4, 0.5) is 10.5 Å². The summed E-state index contributed by atoms with van der Waals surface area (Å²) in [4.78, 5) is 39.0. The van der Waals surface area contributed by atoms with Crippen molar-refractivity contribution in [2.75, 3.05) is 18.8 Å². The van der Waals surface area contributed by atoms with Gasteiger partial charge in [-0.3, -0.25) is 14.9 Å². The topological polar surface area (TPSA) is 103 Å². The molecule has 0 saturated carbocycles. The van der Waals surface area contributed by atoms with Crippen LogP contribution in [-0.2, 0) is 16.2 Å². The molecule has 2 aliphatic heterocycles. The van der Waals surface area contributed by atoms with E-state index in [2.05, 4.69) is 5.32 Å². The van der Waals surface area contributed by atoms with Crippen LogP contribution in [0.2, 0.25) is 5.02 Å². The Morgan fingerprint density at radius 3 is 2.59 bits per heavy atom. The van der Waals surface area contributed by atoms with Crippen LogP contribution in [0.3, 0.4) is 0 Å². The number of nitrogens with zero attached hydrogens (tertiary/aromatic N) is 1. The van der Waals surface area contributed by atoms with Gasteiger partial charge in [0, 0.05) is 5.02 Å². The fourth-order valence-corrected chi connectivity index (χ4v) is 4.04. The molecule has 0 aliphatic carbocycles. The van der Waals surface area contributed by atoms with Gasteiger partial charge >= 0.3 is 6.03 Å². The Kier molecular flexibility index (Phi) is 6.45. The predicted octanol–water partition coefficient (Wildman–Crippen LogP) is 4.63. The van der Waals surface area contributed by atoms with E-state index in [9.17, 15) is 14.4 Å². The number of hydrogen-bond acceptors (Lipinski definition) is 7. The second kappa shape index (κ2) is 9.87. The number of amides is 4. The van der Waals surface area contributed by atoms with Crippen LogP contribution in [0.1, 0.15) is 16.7 Å². The van der Waals surface area contributed by atoms with Crippen molar-refractivity contribution in [3.63, 3.8) is 0 Å². The molecule has 2 aliphatic rings. The van der Waals surface area contributed by atoms with E-state index >= 15 is 0 Å². The zero-order valence-corrected chi connectivity index (χ0v) is 20.6. The van der Waals surface area contributed by atoms with E-state index in [0.29, 0.717) is 33.6 Å². The SMILES string of the molecule is COc1cc(/C=C2/C(=O)NC(=O)N(c3ccc(C)c(Cl)c3)C2=O)ccc1OCc1ccc2c(c1)OCO2. The number of methoxy groups -OCH3 is 1. The molecular weight excluding hydrogens is 500 g/mol. The molecule has 0 atom stereocenters. The summed E-state index contributed by atoms with van der Waals surface area (Å²) in [6.07, 6.45) is 1.39. The molecule has 0 aromatic heterocycles. The van der Waals surface area contributed by atoms with Crippen molar-refractivity contribution in [1.82, 2.24) is 5.32 Å². The number of rotatable bonds is 6. The summed E-state index contributed by atoms with van der Waals surface area (Å²) in [6, 6.07) is 14.4. The van der Waals surface area contributed by atoms with E-state index in [1.165, 1.54) is 19.3 Å². The molecule has 10 heteroatoms. The Morgan fingerprint density at radius 1 is 1.00 bits per heavy atom. The summed E-state index contributed by atoms with van der Waals surface area (Å²) in [5.74, 6) is 0.642. The lowest BCUT2D eigenvalue weighted by Gasteiger charge is -2.26. The largest absolute Gasteiger partial charge is 0.493 e. The van der Waals surface area contributed by atoms with Gasteiger partial charge in [-0.2, -0.15) is 0 Å². The molecule has 1 saturated heterocycles. The summed E-state index contributed by atoms with van der Waals surface area (Å²) in [5, 5.41) is 2.59. The number of carbonyl (C=O) groups is 3. The summed E-state index contributed by atoms with van der Waals surface area (Å²) >= 11 is 6.17. The van der Waals surface area contributed by atoms with E-state index in [-0.39, 0.29) is 24.7 Å². The third-order valence-corrected chi connectivity index (χ3v) is 6.25. The second-order valence-electron chi connectivity index (χ2n) is 8.28. The van der Waals surface area contributed by atoms with Gasteiger partial charge < -0.3 is 18.9 Å². The normalized spacial score (nSPS) is 15.7. The van der Waals surface area contributed by atoms with Crippen LogP contribution in [0, 0.1) is 6.92 Å². The zero-order chi connectivity index (χ0) is 26.1. The Labute approximate surface area is 217 Å². The van der Waals surface area contributed by atoms with E-state index in [4.69, 9.17) is 30.5 Å². The minimum atomic E-state index is -0.850. The third-order valence-electron chi connectivity index (χ3n) is 5.85. The predicted molar refractivity (Wildman–Crippen MR) is 135 cm³/mol. The Morgan fingerprint density at radius 2 is 1.81 bits per heavy atom. The number of carbonyl (C=O) groups excluding carboxylic acids is 3. The molecule has 9 nitrogen and oxygen atoms in total. The number of hydrogen-bond donors (Lipinski definition) is 1. The number of nitrogens with one attached hydrogen (secondary N) is 1. The smallest absolute Gasteiger partial charge is 0.335 e. The highest BCUT2D eigenvalue weighted by atomic mass is 35.5. The molecule has 0 spiro atoms. The molecule has 2 heterocycles. The van der Waals surface area contributed by atoms with Gasteiger partial charge in [0.25, 0.3) is 11.8 Å². The minimum absolute atomic E-state index is 0.190. The number of anilines is 1. The summed E-state index contributed by atoms with van der Waals surface area (Å²) in [5.41, 5.74) is 2.20. The lowest BCUT2D eigenvalue weighted by Crippen LogP contribution is -2.54. The molecule has 188 valence electrons. The average molecular weight is 521 g/mol. The average Bonchev–Trinajstić information content (AvgIpc) is 3.35. The molecule has 3 aromatic rings. The molecule has 3 aromatic carbocycles. The van der Waals surface area contributed by atoms with Crippen molar-refractivity contribution in [3.8, 4) is 23.0 Å². The highest BCUT2D eigenvalue weighted by Gasteiger charge is 2.37. The number of ether oxygens (including phenoxy) is 4. The van der Waals surface area contributed by atoms with Crippen LogP contribution < -0.4 is 29.2 Å². The first kappa shape index (κ1) is 24.2. The first-order chi connectivity index (χ1) is 17.8. The summed E-state index contributed by atoms with van der Waals surface area (Å²) in [7, 11) is 1.49. The number of fused-ring (bicyclic) bond motifs is 1. The molecule has 4 amide bonds. The standard InChI is InChI=1S/C27H21ClN2O7/c1-15-3-6-18(12-20(15)28)30-26(32)19(25(31)29-27(30)33)9-16-4-7-21(23(10-16)34-2)35-13-17-5-8-22-24(11-17)37-14-36-22/h3-12H,13-14H2,1-2H3,(H,29,31,33)/b19-9-. The van der Waals surface area contributed by atoms with Crippen LogP contribution in [0.5, 0.6) is 23.0 Å². The van der Waals surface area contributed by atoms with Gasteiger partial charge in [-0.25, -0.2) is 9.69 Å². The van der Waals surface area contributed by atoms with Gasteiger partial charge in [0.15, 0.2) is 23.0 Å². The van der Waals surface area contributed by atoms with Crippen LogP contribution in [-0.4, -0.2) is 31.7 Å². The van der Waals surface area contributed by atoms with Gasteiger partial charge in [0.1, 0.15) is 12.2 Å². The first-order valence-electron chi connectivity index (χ1n) is 11.2. The monoisotopic (exact) mass is 520 g/mol. The van der Waals surface area contributed by atoms with Gasteiger partial charge in [-0.05, 0) is 66.1 Å². The molecular formula is C27H21ClN2O7. The van der Waals surface area contributed by atoms with Crippen LogP contribution in [0.25, 0.3) is 6.08 Å². The van der Waals surface area contributed by atoms with E-state index < -0.39 is 17.8 Å². The van der Waals surface area contributed by atoms with Gasteiger partial charge in [-0.1, -0.05) is 29.8 Å². The maximum Gasteiger partial charge on any atom is 0.335 e. The van der Waals surface area contributed by atoms with E-state index in [1.807, 2.05) is 18.2 Å². The zero-order valence-electron chi connectivity index (χ0n) is 19.9. The quantitative estimate of drug-likeness (QED) is 0.373. The third kappa shape index (κ3) is 4.81. The number of halogens is 1. The van der Waals surface area contributed by atoms with Gasteiger partial charge in [-0.15, -0.1) is 0 Å². The van der Waals surface area contributed by atoms with Crippen molar-refractivity contribution in [1.29, 1.82) is 0 Å². The van der Waals surface area contributed by atoms with E-state index in [0.717, 1.165) is 16.0 Å². The van der Waals surface area contributed by atoms with Crippen molar-refractivity contribution in [2.24, 2.45) is 0 Å². The molecule has 0 unspecified atom stereocenters. The first-order valence-corrected chi connectivity index (χ1v) is 11.6. The molecule has 5 rings (SSSR count). The lowest BCUT2D eigenvalue weighted by atomic mass is 10.1. The number of aryl methyl sites for hydroxylation is 1. The molecule has 1 N–H and O–H groups in total. The molecule has 0 radical (unpaired) electrons. The Bertz CT molecular complexity index is 1470. The summed E-state index contributed by atoms with van der Waals surface area (Å²) in [6.45, 7) is 2.25. The van der Waals surface area contributed by atoms with E-state index in [1.54, 1.807) is 37.3 Å². The number of benzene rings is 3. The fraction of sp³-hybridized carbons (Fsp3) is 0.148. The van der Waals surface area contributed by atoms with Crippen LogP contribution in [0.15, 0.2) is 60.2 Å². The maximum absolute atomic E-state index is 13.2. The molecule has 1 fully saturated rings. The number of urea groups is 1. The lowest BCUT2D eigenvalue weighted by molar-refractivity contribution is -0.122. The molecule has 37 heavy (non-hydrogen) atoms. The minimum Gasteiger partial charge on any atom is -0.493 e.